The molecule has 0 saturated heterocycles. The molecule has 10 rings (SSSR count). The summed E-state index contributed by atoms with van der Waals surface area (Å²) in [6, 6.07) is 42.7. The molecular weight excluding hydrogens is 581 g/mol. The molecule has 0 fully saturated rings. The van der Waals surface area contributed by atoms with Crippen LogP contribution in [0.25, 0.3) is 77.9 Å². The van der Waals surface area contributed by atoms with E-state index >= 15 is 0 Å². The molecule has 0 atom stereocenters. The predicted molar refractivity (Wildman–Crippen MR) is 207 cm³/mol. The second kappa shape index (κ2) is 10.0. The van der Waals surface area contributed by atoms with E-state index in [1.807, 2.05) is 0 Å². The highest BCUT2D eigenvalue weighted by Crippen LogP contribution is 2.47. The molecule has 47 heavy (non-hydrogen) atoms. The fourth-order valence-electron chi connectivity index (χ4n) is 8.89. The molecule has 0 amide bonds. The summed E-state index contributed by atoms with van der Waals surface area (Å²) in [5.74, 6) is 0. The van der Waals surface area contributed by atoms with Gasteiger partial charge in [0.1, 0.15) is 8.07 Å². The molecule has 0 nitrogen and oxygen atoms in total. The molecule has 7 aromatic rings. The van der Waals surface area contributed by atoms with E-state index in [1.54, 1.807) is 10.4 Å². The first-order valence-corrected chi connectivity index (χ1v) is 20.2. The minimum atomic E-state index is -1.96. The molecule has 0 aromatic heterocycles. The lowest BCUT2D eigenvalue weighted by molar-refractivity contribution is 0.986. The molecule has 0 radical (unpaired) electrons. The molecule has 7 aromatic carbocycles. The van der Waals surface area contributed by atoms with Crippen LogP contribution in [0.5, 0.6) is 0 Å². The van der Waals surface area contributed by atoms with Crippen molar-refractivity contribution in [3.05, 3.63) is 144 Å². The van der Waals surface area contributed by atoms with Crippen LogP contribution in [-0.4, -0.2) is 8.07 Å². The van der Waals surface area contributed by atoms with Crippen LogP contribution in [0, 0.1) is 0 Å². The molecule has 1 aliphatic heterocycles. The zero-order valence-corrected chi connectivity index (χ0v) is 28.0. The van der Waals surface area contributed by atoms with E-state index in [4.69, 9.17) is 0 Å². The Balaban J connectivity index is 1.35. The summed E-state index contributed by atoms with van der Waals surface area (Å²) < 4.78 is 0. The van der Waals surface area contributed by atoms with Crippen LogP contribution in [0.15, 0.2) is 121 Å². The van der Waals surface area contributed by atoms with Gasteiger partial charge in [-0.05, 0) is 136 Å². The maximum absolute atomic E-state index is 2.63. The molecule has 1 heteroatoms. The third-order valence-electron chi connectivity index (χ3n) is 11.3. The first-order chi connectivity index (χ1) is 23.0. The minimum Gasteiger partial charge on any atom is -0.0836 e. The van der Waals surface area contributed by atoms with Gasteiger partial charge in [0.25, 0.3) is 0 Å². The summed E-state index contributed by atoms with van der Waals surface area (Å²) in [6.07, 6.45) is 13.7. The summed E-state index contributed by atoms with van der Waals surface area (Å²) in [5.41, 5.74) is 13.9. The van der Waals surface area contributed by atoms with Gasteiger partial charge in [-0.1, -0.05) is 134 Å². The molecule has 0 unspecified atom stereocenters. The monoisotopic (exact) mass is 616 g/mol. The van der Waals surface area contributed by atoms with E-state index in [1.165, 1.54) is 88.0 Å². The number of benzene rings is 7. The number of aryl methyl sites for hydroxylation is 2. The van der Waals surface area contributed by atoms with E-state index in [-0.39, 0.29) is 0 Å². The molecule has 2 aliphatic carbocycles. The van der Waals surface area contributed by atoms with Crippen LogP contribution in [0.3, 0.4) is 0 Å². The standard InChI is InChI=1S/C46H36Si/c1-47(2)43-26-34-16-8-7-15-33(34)25-39(43)40-27-41-42(28-44(40)47)46(36-22-20-30-12-4-6-14-32(30)24-36)38-18-10-9-17-37(38)45(41)35-21-19-29-11-3-5-13-31(29)23-35/h3-4,7-12,15-28H,5-6,13-14H2,1-2H3. The second-order valence-corrected chi connectivity index (χ2v) is 18.6. The summed E-state index contributed by atoms with van der Waals surface area (Å²) in [5, 5.41) is 11.2. The molecule has 0 N–H and O–H groups in total. The number of hydrogen-bond acceptors (Lipinski definition) is 0. The minimum absolute atomic E-state index is 1.10. The smallest absolute Gasteiger partial charge is 0.0836 e. The molecule has 224 valence electrons. The van der Waals surface area contributed by atoms with Crippen molar-refractivity contribution < 1.29 is 0 Å². The van der Waals surface area contributed by atoms with Crippen molar-refractivity contribution in [3.63, 3.8) is 0 Å². The van der Waals surface area contributed by atoms with Gasteiger partial charge in [0.2, 0.25) is 0 Å². The lowest BCUT2D eigenvalue weighted by Gasteiger charge is -2.23. The molecule has 1 heterocycles. The average molecular weight is 617 g/mol. The highest BCUT2D eigenvalue weighted by atomic mass is 28.3. The van der Waals surface area contributed by atoms with Crippen molar-refractivity contribution in [1.29, 1.82) is 0 Å². The van der Waals surface area contributed by atoms with Crippen molar-refractivity contribution in [2.45, 2.75) is 38.8 Å². The summed E-state index contributed by atoms with van der Waals surface area (Å²) in [4.78, 5) is 0. The highest BCUT2D eigenvalue weighted by Gasteiger charge is 2.38. The van der Waals surface area contributed by atoms with Gasteiger partial charge in [-0.3, -0.25) is 0 Å². The number of rotatable bonds is 2. The Hall–Kier alpha value is -4.98. The quantitative estimate of drug-likeness (QED) is 0.134. The van der Waals surface area contributed by atoms with Gasteiger partial charge in [-0.25, -0.2) is 0 Å². The van der Waals surface area contributed by atoms with E-state index < -0.39 is 8.07 Å². The van der Waals surface area contributed by atoms with Crippen LogP contribution in [0.1, 0.15) is 35.1 Å². The normalized spacial score (nSPS) is 15.5. The largest absolute Gasteiger partial charge is 0.113 e. The van der Waals surface area contributed by atoms with E-state index in [9.17, 15) is 0 Å². The van der Waals surface area contributed by atoms with Gasteiger partial charge in [-0.2, -0.15) is 0 Å². The topological polar surface area (TPSA) is 0 Å². The Bertz CT molecular complexity index is 2540. The SMILES string of the molecule is C[Si]1(C)c2cc3ccccc3cc2-c2cc3c(-c4ccc5c(c4)CCC=C5)c4ccccc4c(-c4ccc5c(c4)CCC=C5)c3cc21. The van der Waals surface area contributed by atoms with Crippen LogP contribution in [0.4, 0.5) is 0 Å². The van der Waals surface area contributed by atoms with Gasteiger partial charge in [-0.15, -0.1) is 0 Å². The van der Waals surface area contributed by atoms with Crippen LogP contribution < -0.4 is 10.4 Å². The number of hydrogen-bond donors (Lipinski definition) is 0. The van der Waals surface area contributed by atoms with E-state index in [2.05, 4.69) is 147 Å². The third-order valence-corrected chi connectivity index (χ3v) is 14.8. The van der Waals surface area contributed by atoms with Crippen molar-refractivity contribution in [2.24, 2.45) is 0 Å². The lowest BCUT2D eigenvalue weighted by Crippen LogP contribution is -2.49. The molecular formula is C46H36Si. The lowest BCUT2D eigenvalue weighted by atomic mass is 9.83. The zero-order chi connectivity index (χ0) is 31.3. The van der Waals surface area contributed by atoms with Crippen LogP contribution in [-0.2, 0) is 12.8 Å². The maximum atomic E-state index is 2.63. The predicted octanol–water partition coefficient (Wildman–Crippen LogP) is 11.2. The van der Waals surface area contributed by atoms with Crippen LogP contribution >= 0.6 is 0 Å². The Kier molecular flexibility index (Phi) is 5.78. The summed E-state index contributed by atoms with van der Waals surface area (Å²) in [6.45, 7) is 5.12. The first-order valence-electron chi connectivity index (χ1n) is 17.2. The van der Waals surface area contributed by atoms with Gasteiger partial charge < -0.3 is 0 Å². The van der Waals surface area contributed by atoms with Crippen molar-refractivity contribution >= 4 is 62.9 Å². The maximum Gasteiger partial charge on any atom is 0.113 e. The first kappa shape index (κ1) is 27.2. The fraction of sp³-hybridized carbons (Fsp3) is 0.130. The summed E-state index contributed by atoms with van der Waals surface area (Å²) in [7, 11) is -1.96. The number of allylic oxidation sites excluding steroid dienone is 2. The zero-order valence-electron chi connectivity index (χ0n) is 27.0. The van der Waals surface area contributed by atoms with Gasteiger partial charge >= 0.3 is 0 Å². The summed E-state index contributed by atoms with van der Waals surface area (Å²) >= 11 is 0. The Morgan fingerprint density at radius 3 is 1.60 bits per heavy atom. The van der Waals surface area contributed by atoms with Gasteiger partial charge in [0, 0.05) is 0 Å². The highest BCUT2D eigenvalue weighted by molar-refractivity contribution is 7.04. The van der Waals surface area contributed by atoms with Crippen molar-refractivity contribution in [1.82, 2.24) is 0 Å². The Labute approximate surface area is 277 Å². The van der Waals surface area contributed by atoms with E-state index in [0.29, 0.717) is 0 Å². The Morgan fingerprint density at radius 2 is 0.979 bits per heavy atom. The van der Waals surface area contributed by atoms with Gasteiger partial charge in [0.05, 0.1) is 0 Å². The van der Waals surface area contributed by atoms with Gasteiger partial charge in [0.15, 0.2) is 0 Å². The Morgan fingerprint density at radius 1 is 0.468 bits per heavy atom. The second-order valence-electron chi connectivity index (χ2n) is 14.3. The number of fused-ring (bicyclic) bond motifs is 8. The molecule has 0 bridgehead atoms. The van der Waals surface area contributed by atoms with Crippen molar-refractivity contribution in [3.8, 4) is 33.4 Å². The van der Waals surface area contributed by atoms with Crippen LogP contribution in [0.2, 0.25) is 13.1 Å². The van der Waals surface area contributed by atoms with Crippen molar-refractivity contribution in [2.75, 3.05) is 0 Å². The molecule has 0 saturated carbocycles. The average Bonchev–Trinajstić information content (AvgIpc) is 3.32. The fourth-order valence-corrected chi connectivity index (χ4v) is 12.0. The molecule has 3 aliphatic rings. The molecule has 0 spiro atoms. The van der Waals surface area contributed by atoms with E-state index in [0.717, 1.165) is 25.7 Å². The third kappa shape index (κ3) is 4.00.